The Morgan fingerprint density at radius 1 is 0.952 bits per heavy atom. The van der Waals surface area contributed by atoms with Gasteiger partial charge in [0.25, 0.3) is 0 Å². The third-order valence-electron chi connectivity index (χ3n) is 3.02. The maximum absolute atomic E-state index is 12.2. The van der Waals surface area contributed by atoms with Crippen molar-refractivity contribution in [2.75, 3.05) is 0 Å². The van der Waals surface area contributed by atoms with E-state index in [2.05, 4.69) is 0 Å². The number of carbonyl (C=O) groups is 2. The first-order valence-electron chi connectivity index (χ1n) is 6.25. The molecule has 0 heterocycles. The van der Waals surface area contributed by atoms with Gasteiger partial charge in [-0.3, -0.25) is 9.59 Å². The van der Waals surface area contributed by atoms with Crippen LogP contribution in [0.5, 0.6) is 0 Å². The van der Waals surface area contributed by atoms with Gasteiger partial charge in [0.05, 0.1) is 0 Å². The Kier molecular flexibility index (Phi) is 6.14. The molecule has 5 heteroatoms. The smallest absolute Gasteiger partial charge is 0.320 e. The Morgan fingerprint density at radius 3 is 2.00 bits per heavy atom. The molecule has 2 aromatic carbocycles. The van der Waals surface area contributed by atoms with E-state index in [1.807, 2.05) is 18.2 Å². The molecule has 0 radical (unpaired) electrons. The van der Waals surface area contributed by atoms with Crippen molar-refractivity contribution in [2.24, 2.45) is 5.73 Å². The molecule has 0 aliphatic heterocycles. The second kappa shape index (κ2) is 7.61. The molecule has 0 saturated heterocycles. The molecule has 2 aromatic rings. The first kappa shape index (κ1) is 16.9. The van der Waals surface area contributed by atoms with Gasteiger partial charge in [-0.2, -0.15) is 13.5 Å². The minimum Gasteiger partial charge on any atom is -0.480 e. The highest BCUT2D eigenvalue weighted by molar-refractivity contribution is 7.59. The van der Waals surface area contributed by atoms with Crippen LogP contribution in [0.25, 0.3) is 0 Å². The van der Waals surface area contributed by atoms with Gasteiger partial charge in [0, 0.05) is 11.1 Å². The fourth-order valence-electron chi connectivity index (χ4n) is 1.89. The molecule has 0 saturated carbocycles. The average molecular weight is 303 g/mol. The summed E-state index contributed by atoms with van der Waals surface area (Å²) >= 11 is 0. The molecule has 1 atom stereocenters. The van der Waals surface area contributed by atoms with Gasteiger partial charge >= 0.3 is 5.97 Å². The van der Waals surface area contributed by atoms with E-state index in [-0.39, 0.29) is 25.7 Å². The number of rotatable bonds is 5. The minimum atomic E-state index is -1.03. The minimum absolute atomic E-state index is 0. The maximum Gasteiger partial charge on any atom is 0.320 e. The van der Waals surface area contributed by atoms with Gasteiger partial charge in [-0.1, -0.05) is 54.6 Å². The van der Waals surface area contributed by atoms with Crippen molar-refractivity contribution in [2.45, 2.75) is 12.5 Å². The van der Waals surface area contributed by atoms with Crippen molar-refractivity contribution >= 4 is 25.2 Å². The number of ketones is 1. The van der Waals surface area contributed by atoms with Gasteiger partial charge < -0.3 is 10.8 Å². The third kappa shape index (κ3) is 4.44. The van der Waals surface area contributed by atoms with E-state index in [4.69, 9.17) is 10.8 Å². The van der Waals surface area contributed by atoms with E-state index >= 15 is 0 Å². The molecule has 0 unspecified atom stereocenters. The topological polar surface area (TPSA) is 80.4 Å². The number of carbonyl (C=O) groups excluding carboxylic acids is 1. The lowest BCUT2D eigenvalue weighted by molar-refractivity contribution is -0.138. The van der Waals surface area contributed by atoms with Crippen LogP contribution in [-0.4, -0.2) is 22.9 Å². The van der Waals surface area contributed by atoms with Crippen molar-refractivity contribution in [1.29, 1.82) is 0 Å². The Hall–Kier alpha value is -2.11. The van der Waals surface area contributed by atoms with E-state index in [1.54, 1.807) is 36.4 Å². The average Bonchev–Trinajstić information content (AvgIpc) is 2.48. The van der Waals surface area contributed by atoms with E-state index in [0.29, 0.717) is 11.1 Å². The quantitative estimate of drug-likeness (QED) is 0.828. The first-order valence-corrected chi connectivity index (χ1v) is 6.25. The van der Waals surface area contributed by atoms with Crippen molar-refractivity contribution in [1.82, 2.24) is 0 Å². The number of hydrogen-bond donors (Lipinski definition) is 2. The molecule has 0 amide bonds. The van der Waals surface area contributed by atoms with Crippen molar-refractivity contribution in [3.05, 3.63) is 71.3 Å². The van der Waals surface area contributed by atoms with Crippen LogP contribution in [0.4, 0.5) is 0 Å². The van der Waals surface area contributed by atoms with E-state index in [9.17, 15) is 9.59 Å². The predicted octanol–water partition coefficient (Wildman–Crippen LogP) is 1.98. The maximum atomic E-state index is 12.2. The third-order valence-corrected chi connectivity index (χ3v) is 3.02. The molecule has 0 aromatic heterocycles. The molecule has 0 spiro atoms. The van der Waals surface area contributed by atoms with Crippen molar-refractivity contribution in [3.8, 4) is 0 Å². The van der Waals surface area contributed by atoms with Crippen LogP contribution in [-0.2, 0) is 11.2 Å². The molecule has 4 nitrogen and oxygen atoms in total. The molecule has 2 rings (SSSR count). The molecule has 110 valence electrons. The molecule has 0 aliphatic rings. The van der Waals surface area contributed by atoms with Gasteiger partial charge in [-0.15, -0.1) is 0 Å². The summed E-state index contributed by atoms with van der Waals surface area (Å²) in [5, 5.41) is 8.76. The highest BCUT2D eigenvalue weighted by Crippen LogP contribution is 2.12. The number of nitrogens with two attached hydrogens (primary N) is 1. The second-order valence-electron chi connectivity index (χ2n) is 4.54. The van der Waals surface area contributed by atoms with Gasteiger partial charge in [-0.05, 0) is 12.0 Å². The van der Waals surface area contributed by atoms with E-state index in [0.717, 1.165) is 5.56 Å². The fraction of sp³-hybridized carbons (Fsp3) is 0.125. The molecular weight excluding hydrogens is 286 g/mol. The van der Waals surface area contributed by atoms with Crippen LogP contribution < -0.4 is 5.73 Å². The zero-order valence-corrected chi connectivity index (χ0v) is 12.3. The summed E-state index contributed by atoms with van der Waals surface area (Å²) in [6.07, 6.45) is 0.245. The molecular formula is C16H17NO3S. The summed E-state index contributed by atoms with van der Waals surface area (Å²) in [4.78, 5) is 22.9. The van der Waals surface area contributed by atoms with Crippen molar-refractivity contribution < 1.29 is 14.7 Å². The lowest BCUT2D eigenvalue weighted by atomic mass is 10.00. The molecule has 0 aliphatic carbocycles. The van der Waals surface area contributed by atoms with Gasteiger partial charge in [0.1, 0.15) is 6.04 Å². The van der Waals surface area contributed by atoms with Crippen LogP contribution in [0.1, 0.15) is 21.5 Å². The van der Waals surface area contributed by atoms with Crippen molar-refractivity contribution in [3.63, 3.8) is 0 Å². The standard InChI is InChI=1S/C16H15NO3.H2S/c17-14(16(19)20)10-11-6-8-13(9-7-11)15(18)12-4-2-1-3-5-12;/h1-9,14H,10,17H2,(H,19,20);1H2/t14-;/m0./s1. The SMILES string of the molecule is N[C@@H](Cc1ccc(C(=O)c2ccccc2)cc1)C(=O)O.S. The Balaban J connectivity index is 0.00000220. The largest absolute Gasteiger partial charge is 0.480 e. The first-order chi connectivity index (χ1) is 9.58. The number of aliphatic carboxylic acids is 1. The Morgan fingerprint density at radius 2 is 1.48 bits per heavy atom. The molecule has 0 bridgehead atoms. The molecule has 3 N–H and O–H groups in total. The zero-order chi connectivity index (χ0) is 14.5. The summed E-state index contributed by atoms with van der Waals surface area (Å²) in [5.74, 6) is -1.09. The lowest BCUT2D eigenvalue weighted by Crippen LogP contribution is -2.32. The summed E-state index contributed by atoms with van der Waals surface area (Å²) in [7, 11) is 0. The van der Waals surface area contributed by atoms with Crippen LogP contribution in [0.2, 0.25) is 0 Å². The summed E-state index contributed by atoms with van der Waals surface area (Å²) < 4.78 is 0. The zero-order valence-electron chi connectivity index (χ0n) is 11.3. The Bertz CT molecular complexity index is 611. The predicted molar refractivity (Wildman–Crippen MR) is 86.0 cm³/mol. The normalized spacial score (nSPS) is 11.3. The molecule has 21 heavy (non-hydrogen) atoms. The molecule has 0 fully saturated rings. The van der Waals surface area contributed by atoms with E-state index < -0.39 is 12.0 Å². The van der Waals surface area contributed by atoms with Crippen LogP contribution in [0.15, 0.2) is 54.6 Å². The summed E-state index contributed by atoms with van der Waals surface area (Å²) in [5.41, 5.74) is 7.47. The van der Waals surface area contributed by atoms with Gasteiger partial charge in [-0.25, -0.2) is 0 Å². The van der Waals surface area contributed by atoms with Gasteiger partial charge in [0.2, 0.25) is 0 Å². The Labute approximate surface area is 130 Å². The lowest BCUT2D eigenvalue weighted by Gasteiger charge is -2.07. The fourth-order valence-corrected chi connectivity index (χ4v) is 1.89. The second-order valence-corrected chi connectivity index (χ2v) is 4.54. The number of carboxylic acids is 1. The number of carboxylic acid groups (broad SMARTS) is 1. The van der Waals surface area contributed by atoms with Crippen LogP contribution >= 0.6 is 13.5 Å². The monoisotopic (exact) mass is 303 g/mol. The highest BCUT2D eigenvalue weighted by atomic mass is 32.1. The number of benzene rings is 2. The summed E-state index contributed by atoms with van der Waals surface area (Å²) in [6.45, 7) is 0. The summed E-state index contributed by atoms with van der Waals surface area (Å²) in [6, 6.07) is 14.9. The highest BCUT2D eigenvalue weighted by Gasteiger charge is 2.13. The van der Waals surface area contributed by atoms with Gasteiger partial charge in [0.15, 0.2) is 5.78 Å². The van der Waals surface area contributed by atoms with E-state index in [1.165, 1.54) is 0 Å². The van der Waals surface area contributed by atoms with Crippen LogP contribution in [0.3, 0.4) is 0 Å². The van der Waals surface area contributed by atoms with Crippen LogP contribution in [0, 0.1) is 0 Å². The number of hydrogen-bond acceptors (Lipinski definition) is 3.